The van der Waals surface area contributed by atoms with Gasteiger partial charge in [-0.05, 0) is 33.1 Å². The highest BCUT2D eigenvalue weighted by Crippen LogP contribution is 2.20. The molecular formula is C18H29ClN4O2. The molecule has 0 spiro atoms. The van der Waals surface area contributed by atoms with Crippen LogP contribution >= 0.6 is 11.6 Å². The summed E-state index contributed by atoms with van der Waals surface area (Å²) in [5, 5.41) is 3.14. The number of carbonyl (C=O) groups is 1. The first-order valence-corrected chi connectivity index (χ1v) is 9.70. The SMILES string of the molecule is CCN(CC)c1ncc(Cl)c(C(=O)NCCCOC2CCCCC2)n1. The fourth-order valence-corrected chi connectivity index (χ4v) is 3.19. The van der Waals surface area contributed by atoms with E-state index in [0.717, 1.165) is 32.4 Å². The van der Waals surface area contributed by atoms with E-state index in [1.54, 1.807) is 0 Å². The second-order valence-electron chi connectivity index (χ2n) is 6.28. The maximum atomic E-state index is 12.3. The molecule has 1 aliphatic carbocycles. The van der Waals surface area contributed by atoms with Crippen molar-refractivity contribution in [3.05, 3.63) is 16.9 Å². The standard InChI is InChI=1S/C18H29ClN4O2/c1-3-23(4-2)18-21-13-15(19)16(22-18)17(24)20-11-8-12-25-14-9-6-5-7-10-14/h13-14H,3-12H2,1-2H3,(H,20,24). The van der Waals surface area contributed by atoms with Gasteiger partial charge in [-0.25, -0.2) is 9.97 Å². The van der Waals surface area contributed by atoms with E-state index < -0.39 is 0 Å². The van der Waals surface area contributed by atoms with Gasteiger partial charge in [0, 0.05) is 26.2 Å². The number of hydrogen-bond acceptors (Lipinski definition) is 5. The lowest BCUT2D eigenvalue weighted by Crippen LogP contribution is -2.29. The van der Waals surface area contributed by atoms with Crippen molar-refractivity contribution in [2.45, 2.75) is 58.5 Å². The fourth-order valence-electron chi connectivity index (χ4n) is 3.02. The number of hydrogen-bond donors (Lipinski definition) is 1. The predicted molar refractivity (Wildman–Crippen MR) is 100 cm³/mol. The molecule has 0 radical (unpaired) electrons. The summed E-state index contributed by atoms with van der Waals surface area (Å²) in [6, 6.07) is 0. The molecule has 1 aromatic heterocycles. The van der Waals surface area contributed by atoms with Crippen molar-refractivity contribution < 1.29 is 9.53 Å². The molecule has 140 valence electrons. The van der Waals surface area contributed by atoms with Crippen molar-refractivity contribution in [2.75, 3.05) is 31.1 Å². The Balaban J connectivity index is 1.78. The van der Waals surface area contributed by atoms with Crippen LogP contribution in [0, 0.1) is 0 Å². The number of rotatable bonds is 9. The maximum absolute atomic E-state index is 12.3. The topological polar surface area (TPSA) is 67.4 Å². The molecule has 25 heavy (non-hydrogen) atoms. The third-order valence-corrected chi connectivity index (χ3v) is 4.78. The van der Waals surface area contributed by atoms with E-state index in [4.69, 9.17) is 16.3 Å². The van der Waals surface area contributed by atoms with Crippen LogP contribution in [-0.2, 0) is 4.74 Å². The first kappa shape index (κ1) is 19.9. The molecule has 1 aliphatic rings. The molecule has 1 N–H and O–H groups in total. The molecule has 0 aromatic carbocycles. The highest BCUT2D eigenvalue weighted by molar-refractivity contribution is 6.33. The zero-order valence-electron chi connectivity index (χ0n) is 15.3. The van der Waals surface area contributed by atoms with Gasteiger partial charge >= 0.3 is 0 Å². The smallest absolute Gasteiger partial charge is 0.271 e. The molecule has 1 saturated carbocycles. The van der Waals surface area contributed by atoms with E-state index in [1.165, 1.54) is 25.5 Å². The van der Waals surface area contributed by atoms with Gasteiger partial charge in [0.1, 0.15) is 0 Å². The van der Waals surface area contributed by atoms with E-state index in [1.807, 2.05) is 18.7 Å². The molecule has 2 rings (SSSR count). The van der Waals surface area contributed by atoms with Crippen molar-refractivity contribution in [1.82, 2.24) is 15.3 Å². The van der Waals surface area contributed by atoms with Gasteiger partial charge in [-0.3, -0.25) is 4.79 Å². The third-order valence-electron chi connectivity index (χ3n) is 4.51. The summed E-state index contributed by atoms with van der Waals surface area (Å²) in [4.78, 5) is 22.8. The van der Waals surface area contributed by atoms with Gasteiger partial charge in [-0.1, -0.05) is 30.9 Å². The van der Waals surface area contributed by atoms with Gasteiger partial charge in [0.2, 0.25) is 5.95 Å². The lowest BCUT2D eigenvalue weighted by molar-refractivity contribution is 0.0273. The number of carbonyl (C=O) groups excluding carboxylic acids is 1. The van der Waals surface area contributed by atoms with Crippen LogP contribution in [0.1, 0.15) is 62.9 Å². The fraction of sp³-hybridized carbons (Fsp3) is 0.722. The van der Waals surface area contributed by atoms with Crippen LogP contribution in [-0.4, -0.2) is 48.2 Å². The molecule has 0 aliphatic heterocycles. The van der Waals surface area contributed by atoms with Gasteiger partial charge in [-0.15, -0.1) is 0 Å². The number of ether oxygens (including phenoxy) is 1. The quantitative estimate of drug-likeness (QED) is 0.676. The Hall–Kier alpha value is -1.40. The lowest BCUT2D eigenvalue weighted by atomic mass is 9.98. The maximum Gasteiger partial charge on any atom is 0.271 e. The molecule has 6 nitrogen and oxygen atoms in total. The summed E-state index contributed by atoms with van der Waals surface area (Å²) in [5.41, 5.74) is 0.228. The van der Waals surface area contributed by atoms with Crippen molar-refractivity contribution in [3.8, 4) is 0 Å². The van der Waals surface area contributed by atoms with E-state index in [9.17, 15) is 4.79 Å². The Labute approximate surface area is 155 Å². The molecule has 1 amide bonds. The first-order chi connectivity index (χ1) is 12.2. The molecule has 0 unspecified atom stereocenters. The molecule has 0 bridgehead atoms. The van der Waals surface area contributed by atoms with E-state index in [0.29, 0.717) is 25.2 Å². The molecule has 7 heteroatoms. The minimum absolute atomic E-state index is 0.228. The third kappa shape index (κ3) is 6.12. The monoisotopic (exact) mass is 368 g/mol. The Kier molecular flexibility index (Phi) is 8.41. The minimum Gasteiger partial charge on any atom is -0.378 e. The summed E-state index contributed by atoms with van der Waals surface area (Å²) in [7, 11) is 0. The van der Waals surface area contributed by atoms with Gasteiger partial charge in [0.25, 0.3) is 5.91 Å². The highest BCUT2D eigenvalue weighted by Gasteiger charge is 2.16. The molecule has 1 aromatic rings. The largest absolute Gasteiger partial charge is 0.378 e. The van der Waals surface area contributed by atoms with Gasteiger partial charge in [0.05, 0.1) is 17.3 Å². The van der Waals surface area contributed by atoms with Crippen molar-refractivity contribution in [3.63, 3.8) is 0 Å². The molecular weight excluding hydrogens is 340 g/mol. The molecule has 1 fully saturated rings. The van der Waals surface area contributed by atoms with Crippen LogP contribution < -0.4 is 10.2 Å². The summed E-state index contributed by atoms with van der Waals surface area (Å²) in [5.74, 6) is 0.263. The Morgan fingerprint density at radius 3 is 2.72 bits per heavy atom. The number of nitrogens with zero attached hydrogens (tertiary/aromatic N) is 3. The number of anilines is 1. The number of halogens is 1. The van der Waals surface area contributed by atoms with Crippen molar-refractivity contribution in [1.29, 1.82) is 0 Å². The highest BCUT2D eigenvalue weighted by atomic mass is 35.5. The second kappa shape index (κ2) is 10.6. The average molecular weight is 369 g/mol. The molecule has 0 saturated heterocycles. The number of nitrogens with one attached hydrogen (secondary N) is 1. The molecule has 0 atom stereocenters. The Morgan fingerprint density at radius 2 is 2.04 bits per heavy atom. The van der Waals surface area contributed by atoms with Crippen LogP contribution in [0.5, 0.6) is 0 Å². The second-order valence-corrected chi connectivity index (χ2v) is 6.69. The van der Waals surface area contributed by atoms with Gasteiger partial charge in [-0.2, -0.15) is 0 Å². The Bertz CT molecular complexity index is 546. The normalized spacial score (nSPS) is 15.2. The van der Waals surface area contributed by atoms with Crippen LogP contribution in [0.15, 0.2) is 6.20 Å². The summed E-state index contributed by atoms with van der Waals surface area (Å²) in [6.07, 6.45) is 8.86. The van der Waals surface area contributed by atoms with Crippen LogP contribution in [0.25, 0.3) is 0 Å². The Morgan fingerprint density at radius 1 is 1.32 bits per heavy atom. The summed E-state index contributed by atoms with van der Waals surface area (Å²) in [6.45, 7) is 6.82. The van der Waals surface area contributed by atoms with E-state index in [2.05, 4.69) is 15.3 Å². The first-order valence-electron chi connectivity index (χ1n) is 9.33. The molecule has 1 heterocycles. The van der Waals surface area contributed by atoms with Gasteiger partial charge < -0.3 is 15.0 Å². The number of aromatic nitrogens is 2. The lowest BCUT2D eigenvalue weighted by Gasteiger charge is -2.22. The van der Waals surface area contributed by atoms with Crippen LogP contribution in [0.3, 0.4) is 0 Å². The van der Waals surface area contributed by atoms with Crippen LogP contribution in [0.4, 0.5) is 5.95 Å². The van der Waals surface area contributed by atoms with Gasteiger partial charge in [0.15, 0.2) is 5.69 Å². The summed E-state index contributed by atoms with van der Waals surface area (Å²) < 4.78 is 5.86. The zero-order valence-corrected chi connectivity index (χ0v) is 16.0. The van der Waals surface area contributed by atoms with Crippen LogP contribution in [0.2, 0.25) is 5.02 Å². The number of amides is 1. The summed E-state index contributed by atoms with van der Waals surface area (Å²) >= 11 is 6.09. The zero-order chi connectivity index (χ0) is 18.1. The van der Waals surface area contributed by atoms with E-state index in [-0.39, 0.29) is 16.6 Å². The van der Waals surface area contributed by atoms with Crippen molar-refractivity contribution >= 4 is 23.5 Å². The van der Waals surface area contributed by atoms with E-state index >= 15 is 0 Å². The average Bonchev–Trinajstić information content (AvgIpc) is 2.64. The predicted octanol–water partition coefficient (Wildman–Crippen LogP) is 3.45. The van der Waals surface area contributed by atoms with Crippen molar-refractivity contribution in [2.24, 2.45) is 0 Å². The minimum atomic E-state index is -0.265.